The summed E-state index contributed by atoms with van der Waals surface area (Å²) in [5, 5.41) is 0. The third-order valence-corrected chi connectivity index (χ3v) is 1.86. The quantitative estimate of drug-likeness (QED) is 0.480. The van der Waals surface area contributed by atoms with Gasteiger partial charge in [0.15, 0.2) is 0 Å². The van der Waals surface area contributed by atoms with Gasteiger partial charge in [-0.3, -0.25) is 4.99 Å². The van der Waals surface area contributed by atoms with Gasteiger partial charge in [0.05, 0.1) is 6.10 Å². The van der Waals surface area contributed by atoms with E-state index in [9.17, 15) is 0 Å². The number of nitrogens with two attached hydrogens (primary N) is 1. The number of hydrogen-bond donors (Lipinski definition) is 1. The van der Waals surface area contributed by atoms with Gasteiger partial charge in [-0.05, 0) is 0 Å². The zero-order chi connectivity index (χ0) is 10.8. The topological polar surface area (TPSA) is 47.6 Å². The molecule has 1 atom stereocenters. The SMILES string of the molecule is CN=C/C(=C\N)C1C[CH-]CCO1.[Zn+][Br]. The number of ether oxygens (including phenoxy) is 1. The fraction of sp³-hybridized carbons (Fsp3) is 0.556. The molecule has 0 saturated carbocycles. The van der Waals surface area contributed by atoms with E-state index >= 15 is 0 Å². The molecule has 5 heteroatoms. The van der Waals surface area contributed by atoms with E-state index in [4.69, 9.17) is 10.5 Å². The van der Waals surface area contributed by atoms with Gasteiger partial charge in [-0.2, -0.15) is 6.42 Å². The van der Waals surface area contributed by atoms with Crippen LogP contribution in [-0.4, -0.2) is 26.0 Å². The Labute approximate surface area is 102 Å². The van der Waals surface area contributed by atoms with Crippen LogP contribution in [0.5, 0.6) is 0 Å². The maximum atomic E-state index is 5.51. The van der Waals surface area contributed by atoms with Crippen LogP contribution < -0.4 is 5.73 Å². The molecule has 0 amide bonds. The first-order valence-electron chi connectivity index (χ1n) is 4.42. The first kappa shape index (κ1) is 14.3. The normalized spacial score (nSPS) is 23.1. The van der Waals surface area contributed by atoms with Crippen LogP contribution in [0.2, 0.25) is 0 Å². The van der Waals surface area contributed by atoms with E-state index in [0.29, 0.717) is 0 Å². The average molecular weight is 313 g/mol. The zero-order valence-electron chi connectivity index (χ0n) is 8.45. The molecule has 0 aromatic rings. The molecule has 1 rings (SSSR count). The molecular formula is C9H15BrN2OZn. The Morgan fingerprint density at radius 3 is 2.86 bits per heavy atom. The van der Waals surface area contributed by atoms with E-state index in [1.807, 2.05) is 0 Å². The van der Waals surface area contributed by atoms with Crippen molar-refractivity contribution in [2.75, 3.05) is 13.7 Å². The van der Waals surface area contributed by atoms with Crippen LogP contribution in [0, 0.1) is 6.42 Å². The van der Waals surface area contributed by atoms with Gasteiger partial charge in [0.2, 0.25) is 0 Å². The molecule has 1 heterocycles. The van der Waals surface area contributed by atoms with Crippen molar-refractivity contribution in [1.29, 1.82) is 0 Å². The van der Waals surface area contributed by atoms with Crippen molar-refractivity contribution in [1.82, 2.24) is 0 Å². The molecule has 1 aliphatic rings. The summed E-state index contributed by atoms with van der Waals surface area (Å²) in [7, 11) is 1.73. The molecule has 0 aliphatic carbocycles. The van der Waals surface area contributed by atoms with Gasteiger partial charge < -0.3 is 16.9 Å². The Kier molecular flexibility index (Phi) is 10.0. The Bertz CT molecular complexity index is 191. The Morgan fingerprint density at radius 1 is 1.71 bits per heavy atom. The molecule has 0 spiro atoms. The predicted molar refractivity (Wildman–Crippen MR) is 58.9 cm³/mol. The molecule has 0 aromatic carbocycles. The molecule has 14 heavy (non-hydrogen) atoms. The van der Waals surface area contributed by atoms with Gasteiger partial charge in [0.1, 0.15) is 0 Å². The number of hydrogen-bond acceptors (Lipinski definition) is 3. The maximum absolute atomic E-state index is 5.51. The van der Waals surface area contributed by atoms with Crippen LogP contribution in [0.4, 0.5) is 0 Å². The van der Waals surface area contributed by atoms with E-state index in [1.54, 1.807) is 19.5 Å². The van der Waals surface area contributed by atoms with Crippen molar-refractivity contribution in [2.24, 2.45) is 10.7 Å². The van der Waals surface area contributed by atoms with Crippen LogP contribution in [0.1, 0.15) is 12.8 Å². The van der Waals surface area contributed by atoms with Crippen LogP contribution in [0.25, 0.3) is 0 Å². The third kappa shape index (κ3) is 5.23. The average Bonchev–Trinajstić information content (AvgIpc) is 2.30. The van der Waals surface area contributed by atoms with Crippen molar-refractivity contribution >= 4 is 19.8 Å². The van der Waals surface area contributed by atoms with Gasteiger partial charge in [0.25, 0.3) is 0 Å². The third-order valence-electron chi connectivity index (χ3n) is 1.86. The van der Waals surface area contributed by atoms with E-state index < -0.39 is 0 Å². The first-order valence-corrected chi connectivity index (χ1v) is 11.4. The van der Waals surface area contributed by atoms with Gasteiger partial charge in [-0.25, -0.2) is 0 Å². The van der Waals surface area contributed by atoms with Crippen molar-refractivity contribution in [3.63, 3.8) is 0 Å². The molecule has 1 unspecified atom stereocenters. The minimum absolute atomic E-state index is 0.118. The van der Waals surface area contributed by atoms with Crippen LogP contribution >= 0.6 is 13.6 Å². The predicted octanol–water partition coefficient (Wildman–Crippen LogP) is 1.76. The molecule has 0 bridgehead atoms. The molecule has 2 N–H and O–H groups in total. The second-order valence-electron chi connectivity index (χ2n) is 2.73. The molecule has 1 saturated heterocycles. The molecule has 1 fully saturated rings. The Morgan fingerprint density at radius 2 is 2.43 bits per heavy atom. The fourth-order valence-electron chi connectivity index (χ4n) is 1.25. The van der Waals surface area contributed by atoms with Crippen molar-refractivity contribution in [2.45, 2.75) is 18.9 Å². The Balaban J connectivity index is 0.000000791. The van der Waals surface area contributed by atoms with Crippen LogP contribution in [0.15, 0.2) is 16.8 Å². The van der Waals surface area contributed by atoms with Gasteiger partial charge >= 0.3 is 30.0 Å². The number of nitrogens with zero attached hydrogens (tertiary/aromatic N) is 1. The number of halogens is 1. The Hall–Kier alpha value is 0.273. The summed E-state index contributed by atoms with van der Waals surface area (Å²) in [5.74, 6) is 0. The molecular weight excluding hydrogens is 297 g/mol. The van der Waals surface area contributed by atoms with Crippen molar-refractivity contribution in [3.8, 4) is 0 Å². The fourth-order valence-corrected chi connectivity index (χ4v) is 1.25. The summed E-state index contributed by atoms with van der Waals surface area (Å²) >= 11 is 4.25. The van der Waals surface area contributed by atoms with E-state index in [-0.39, 0.29) is 6.10 Å². The number of rotatable bonds is 2. The summed E-state index contributed by atoms with van der Waals surface area (Å²) in [6.07, 6.45) is 7.64. The van der Waals surface area contributed by atoms with Crippen molar-refractivity contribution in [3.05, 3.63) is 18.2 Å². The van der Waals surface area contributed by atoms with Gasteiger partial charge in [-0.15, -0.1) is 6.42 Å². The zero-order valence-corrected chi connectivity index (χ0v) is 13.0. The monoisotopic (exact) mass is 310 g/mol. The van der Waals surface area contributed by atoms with Gasteiger partial charge in [0, 0.05) is 31.6 Å². The second-order valence-corrected chi connectivity index (χ2v) is 2.73. The molecule has 0 radical (unpaired) electrons. The second kappa shape index (κ2) is 9.81. The summed E-state index contributed by atoms with van der Waals surface area (Å²) in [6.45, 7) is 0.791. The first-order chi connectivity index (χ1) is 6.88. The minimum atomic E-state index is 0.118. The summed E-state index contributed by atoms with van der Waals surface area (Å²) < 4.78 is 5.51. The molecule has 0 aromatic heterocycles. The molecule has 76 valence electrons. The molecule has 1 aliphatic heterocycles. The summed E-state index contributed by atoms with van der Waals surface area (Å²) in [6, 6.07) is 0. The van der Waals surface area contributed by atoms with Crippen molar-refractivity contribution < 1.29 is 21.1 Å². The van der Waals surface area contributed by atoms with E-state index in [0.717, 1.165) is 25.0 Å². The van der Waals surface area contributed by atoms with Crippen LogP contribution in [-0.2, 0) is 21.1 Å². The van der Waals surface area contributed by atoms with E-state index in [2.05, 4.69) is 25.0 Å². The standard InChI is InChI=1S/C9H15N2O.BrH.Zn/c1-11-7-8(6-10)9-4-2-3-5-12-9;;/h2,6-7,9H,3-5,10H2,1H3;1H;/q-1;;+2/p-1/b8-6+,11-7?;;. The summed E-state index contributed by atoms with van der Waals surface area (Å²) in [5.41, 5.74) is 6.41. The van der Waals surface area contributed by atoms with E-state index in [1.165, 1.54) is 16.3 Å². The van der Waals surface area contributed by atoms with Gasteiger partial charge in [-0.1, -0.05) is 0 Å². The van der Waals surface area contributed by atoms with Crippen LogP contribution in [0.3, 0.4) is 0 Å². The number of aliphatic imine (C=N–C) groups is 1. The molecule has 3 nitrogen and oxygen atoms in total. The summed E-state index contributed by atoms with van der Waals surface area (Å²) in [4.78, 5) is 3.91.